The molecule has 0 spiro atoms. The van der Waals surface area contributed by atoms with E-state index in [1.54, 1.807) is 0 Å². The van der Waals surface area contributed by atoms with Gasteiger partial charge in [0.25, 0.3) is 0 Å². The van der Waals surface area contributed by atoms with E-state index >= 15 is 0 Å². The van der Waals surface area contributed by atoms with E-state index in [1.807, 2.05) is 0 Å². The summed E-state index contributed by atoms with van der Waals surface area (Å²) in [6.07, 6.45) is 0. The van der Waals surface area contributed by atoms with Crippen LogP contribution in [0.25, 0.3) is 0 Å². The van der Waals surface area contributed by atoms with Gasteiger partial charge in [-0.25, -0.2) is 0 Å². The van der Waals surface area contributed by atoms with Gasteiger partial charge in [-0.3, -0.25) is 0 Å². The molecule has 44 valence electrons. The predicted octanol–water partition coefficient (Wildman–Crippen LogP) is -5.14. The summed E-state index contributed by atoms with van der Waals surface area (Å²) in [5.74, 6) is 0. The Bertz CT molecular complexity index is 25.2. The van der Waals surface area contributed by atoms with Gasteiger partial charge in [-0.05, 0) is 0 Å². The fourth-order valence-corrected chi connectivity index (χ4v) is 0. The second-order valence-corrected chi connectivity index (χ2v) is 1.50. The van der Waals surface area contributed by atoms with Crippen molar-refractivity contribution >= 4 is 9.05 Å². The van der Waals surface area contributed by atoms with Crippen LogP contribution in [0.3, 0.4) is 0 Å². The fourth-order valence-electron chi connectivity index (χ4n) is 0. The van der Waals surface area contributed by atoms with Gasteiger partial charge < -0.3 is 28.2 Å². The Labute approximate surface area is 62.6 Å². The molecule has 0 N–H and O–H groups in total. The van der Waals surface area contributed by atoms with Gasteiger partial charge in [-0.15, -0.1) is 0 Å². The van der Waals surface area contributed by atoms with Crippen LogP contribution in [0.4, 0.5) is 0 Å². The molecule has 0 aromatic rings. The largest absolute Gasteiger partial charge is 2.00 e. The smallest absolute Gasteiger partial charge is 0.894 e. The number of rotatable bonds is 0. The first kappa shape index (κ1) is 15.7. The number of hydrogen-bond acceptors (Lipinski definition) is 4. The van der Waals surface area contributed by atoms with Crippen LogP contribution in [0, 0.1) is 0 Å². The molecule has 0 radical (unpaired) electrons. The fraction of sp³-hybridized carbons (Fsp3) is 0. The molecular formula is Fe2O4Si. The standard InChI is InChI=1S/2Fe.O4Si/c;;1-5(2,3)4/q2*+2;-4. The second kappa shape index (κ2) is 5.24. The van der Waals surface area contributed by atoms with E-state index in [2.05, 4.69) is 0 Å². The molecule has 0 aliphatic heterocycles. The van der Waals surface area contributed by atoms with E-state index in [4.69, 9.17) is 19.2 Å². The average molecular weight is 204 g/mol. The Kier molecular flexibility index (Phi) is 11.7. The molecule has 0 heterocycles. The molecule has 0 aliphatic rings. The van der Waals surface area contributed by atoms with E-state index in [1.165, 1.54) is 0 Å². The molecule has 7 heteroatoms. The average Bonchev–Trinajstić information content (AvgIpc) is 0.722. The zero-order valence-electron chi connectivity index (χ0n) is 2.84. The molecule has 0 aliphatic carbocycles. The minimum absolute atomic E-state index is 0. The van der Waals surface area contributed by atoms with Crippen LogP contribution in [-0.4, -0.2) is 9.05 Å². The maximum absolute atomic E-state index is 8.58. The molecule has 0 fully saturated rings. The summed E-state index contributed by atoms with van der Waals surface area (Å²) >= 11 is 0. The maximum Gasteiger partial charge on any atom is 2.00 e. The summed E-state index contributed by atoms with van der Waals surface area (Å²) in [5.41, 5.74) is 0. The van der Waals surface area contributed by atoms with E-state index in [-0.39, 0.29) is 34.1 Å². The topological polar surface area (TPSA) is 92.2 Å². The minimum atomic E-state index is -5.61. The van der Waals surface area contributed by atoms with Crippen LogP contribution >= 0.6 is 0 Å². The summed E-state index contributed by atoms with van der Waals surface area (Å²) in [4.78, 5) is 34.3. The first-order valence-electron chi connectivity index (χ1n) is 0.816. The molecule has 7 heavy (non-hydrogen) atoms. The molecule has 0 bridgehead atoms. The molecule has 0 rings (SSSR count). The third kappa shape index (κ3) is 153. The van der Waals surface area contributed by atoms with Crippen molar-refractivity contribution in [3.8, 4) is 0 Å². The Morgan fingerprint density at radius 1 is 0.714 bits per heavy atom. The van der Waals surface area contributed by atoms with E-state index in [9.17, 15) is 0 Å². The van der Waals surface area contributed by atoms with E-state index in [0.717, 1.165) is 0 Å². The van der Waals surface area contributed by atoms with Crippen LogP contribution in [-0.2, 0) is 34.1 Å². The molecule has 0 atom stereocenters. The summed E-state index contributed by atoms with van der Waals surface area (Å²) in [5, 5.41) is 0. The van der Waals surface area contributed by atoms with Gasteiger partial charge in [0.15, 0.2) is 0 Å². The van der Waals surface area contributed by atoms with Crippen molar-refractivity contribution in [3.63, 3.8) is 0 Å². The Morgan fingerprint density at radius 3 is 0.714 bits per heavy atom. The maximum atomic E-state index is 8.58. The Balaban J connectivity index is -0.0000000800. The third-order valence-electron chi connectivity index (χ3n) is 0. The van der Waals surface area contributed by atoms with Gasteiger partial charge in [0.1, 0.15) is 0 Å². The molecular weight excluding hydrogens is 204 g/mol. The second-order valence-electron chi connectivity index (χ2n) is 0.500. The van der Waals surface area contributed by atoms with Crippen LogP contribution in [0.2, 0.25) is 0 Å². The van der Waals surface area contributed by atoms with Gasteiger partial charge in [-0.2, -0.15) is 0 Å². The monoisotopic (exact) mass is 204 g/mol. The molecule has 0 saturated heterocycles. The first-order chi connectivity index (χ1) is 2.00. The summed E-state index contributed by atoms with van der Waals surface area (Å²) in [6, 6.07) is 0. The third-order valence-corrected chi connectivity index (χ3v) is 0. The van der Waals surface area contributed by atoms with Crippen LogP contribution in [0.15, 0.2) is 0 Å². The van der Waals surface area contributed by atoms with Crippen LogP contribution in [0.1, 0.15) is 0 Å². The van der Waals surface area contributed by atoms with Gasteiger partial charge in [0, 0.05) is 0 Å². The number of hydrogen-bond donors (Lipinski definition) is 0. The van der Waals surface area contributed by atoms with Crippen molar-refractivity contribution in [1.29, 1.82) is 0 Å². The summed E-state index contributed by atoms with van der Waals surface area (Å²) < 4.78 is 0. The molecule has 0 amide bonds. The molecule has 0 saturated carbocycles. The zero-order chi connectivity index (χ0) is 4.50. The van der Waals surface area contributed by atoms with Gasteiger partial charge in [-0.1, -0.05) is 0 Å². The molecule has 0 aromatic carbocycles. The quantitative estimate of drug-likeness (QED) is 0.368. The molecule has 0 aromatic heterocycles. The van der Waals surface area contributed by atoms with Gasteiger partial charge in [0.05, 0.1) is 0 Å². The van der Waals surface area contributed by atoms with Gasteiger partial charge >= 0.3 is 34.1 Å². The Morgan fingerprint density at radius 2 is 0.714 bits per heavy atom. The van der Waals surface area contributed by atoms with Crippen molar-refractivity contribution in [1.82, 2.24) is 0 Å². The SMILES string of the molecule is [Fe+2].[Fe+2].[O-][Si]([O-])([O-])[O-]. The van der Waals surface area contributed by atoms with Crippen molar-refractivity contribution in [2.75, 3.05) is 0 Å². The van der Waals surface area contributed by atoms with E-state index in [0.29, 0.717) is 0 Å². The van der Waals surface area contributed by atoms with Crippen LogP contribution < -0.4 is 19.2 Å². The summed E-state index contributed by atoms with van der Waals surface area (Å²) in [7, 11) is -5.61. The van der Waals surface area contributed by atoms with Gasteiger partial charge in [0.2, 0.25) is 0 Å². The zero-order valence-corrected chi connectivity index (χ0v) is 6.05. The molecule has 4 nitrogen and oxygen atoms in total. The van der Waals surface area contributed by atoms with Crippen molar-refractivity contribution in [2.45, 2.75) is 0 Å². The first-order valence-corrected chi connectivity index (χ1v) is 2.45. The van der Waals surface area contributed by atoms with Crippen molar-refractivity contribution < 1.29 is 53.3 Å². The predicted molar refractivity (Wildman–Crippen MR) is 5.75 cm³/mol. The van der Waals surface area contributed by atoms with Crippen LogP contribution in [0.5, 0.6) is 0 Å². The van der Waals surface area contributed by atoms with Crippen molar-refractivity contribution in [3.05, 3.63) is 0 Å². The Hall–Kier alpha value is 1.10. The minimum Gasteiger partial charge on any atom is -0.894 e. The normalized spacial score (nSPS) is 8.57. The van der Waals surface area contributed by atoms with E-state index < -0.39 is 9.05 Å². The van der Waals surface area contributed by atoms with Crippen molar-refractivity contribution in [2.24, 2.45) is 0 Å². The summed E-state index contributed by atoms with van der Waals surface area (Å²) in [6.45, 7) is 0. The molecule has 0 unspecified atom stereocenters.